The van der Waals surface area contributed by atoms with Crippen molar-refractivity contribution in [1.82, 2.24) is 15.2 Å². The third kappa shape index (κ3) is 4.87. The molecule has 0 saturated carbocycles. The van der Waals surface area contributed by atoms with E-state index in [1.807, 2.05) is 17.5 Å². The molecule has 2 heterocycles. The molecule has 0 radical (unpaired) electrons. The number of nitrogens with one attached hydrogen (secondary N) is 1. The molecule has 0 amide bonds. The second-order valence-corrected chi connectivity index (χ2v) is 7.96. The fraction of sp³-hybridized carbons (Fsp3) is 0.526. The Morgan fingerprint density at radius 3 is 2.83 bits per heavy atom. The summed E-state index contributed by atoms with van der Waals surface area (Å²) in [7, 11) is 0. The normalized spacial score (nSPS) is 22.3. The summed E-state index contributed by atoms with van der Waals surface area (Å²) in [6, 6.07) is 11.4. The van der Waals surface area contributed by atoms with Crippen molar-refractivity contribution in [3.8, 4) is 0 Å². The molecule has 0 bridgehead atoms. The molecule has 1 aromatic carbocycles. The van der Waals surface area contributed by atoms with E-state index in [1.54, 1.807) is 0 Å². The lowest BCUT2D eigenvalue weighted by atomic mass is 9.93. The quantitative estimate of drug-likeness (QED) is 0.879. The summed E-state index contributed by atoms with van der Waals surface area (Å²) >= 11 is 1.83. The van der Waals surface area contributed by atoms with E-state index in [0.717, 1.165) is 19.5 Å². The summed E-state index contributed by atoms with van der Waals surface area (Å²) in [5.41, 5.74) is 1.42. The topological polar surface area (TPSA) is 28.2 Å². The lowest BCUT2D eigenvalue weighted by Gasteiger charge is -2.37. The first-order chi connectivity index (χ1) is 11.2. The van der Waals surface area contributed by atoms with Gasteiger partial charge in [-0.3, -0.25) is 4.90 Å². The van der Waals surface area contributed by atoms with Crippen LogP contribution in [0.1, 0.15) is 28.8 Å². The summed E-state index contributed by atoms with van der Waals surface area (Å²) in [6.07, 6.45) is 4.40. The molecule has 1 N–H and O–H groups in total. The molecule has 1 saturated heterocycles. The molecule has 4 heteroatoms. The predicted molar refractivity (Wildman–Crippen MR) is 97.8 cm³/mol. The lowest BCUT2D eigenvalue weighted by Crippen LogP contribution is -2.48. The van der Waals surface area contributed by atoms with Crippen LogP contribution in [-0.4, -0.2) is 35.6 Å². The monoisotopic (exact) mass is 329 g/mol. The molecule has 2 aromatic rings. The van der Waals surface area contributed by atoms with Crippen molar-refractivity contribution < 1.29 is 0 Å². The van der Waals surface area contributed by atoms with E-state index in [-0.39, 0.29) is 0 Å². The van der Waals surface area contributed by atoms with Gasteiger partial charge < -0.3 is 5.32 Å². The van der Waals surface area contributed by atoms with Gasteiger partial charge in [0.25, 0.3) is 0 Å². The van der Waals surface area contributed by atoms with Crippen molar-refractivity contribution in [3.63, 3.8) is 0 Å². The fourth-order valence-corrected chi connectivity index (χ4v) is 4.26. The largest absolute Gasteiger partial charge is 0.313 e. The third-order valence-corrected chi connectivity index (χ3v) is 5.60. The molecule has 3 rings (SSSR count). The van der Waals surface area contributed by atoms with Crippen molar-refractivity contribution >= 4 is 11.3 Å². The standard InChI is InChI=1S/C19H27N3S/c1-15-13-22(14-18-12-21-16(2)23-18)11-9-19(15)20-10-8-17-6-4-3-5-7-17/h3-7,12,15,19-20H,8-11,13-14H2,1-2H3. The van der Waals surface area contributed by atoms with E-state index in [9.17, 15) is 0 Å². The maximum Gasteiger partial charge on any atom is 0.0897 e. The van der Waals surface area contributed by atoms with Crippen molar-refractivity contribution in [1.29, 1.82) is 0 Å². The summed E-state index contributed by atoms with van der Waals surface area (Å²) in [6.45, 7) is 8.97. The first-order valence-corrected chi connectivity index (χ1v) is 9.43. The number of likely N-dealkylation sites (tertiary alicyclic amines) is 1. The zero-order chi connectivity index (χ0) is 16.1. The van der Waals surface area contributed by atoms with Crippen LogP contribution in [0, 0.1) is 12.8 Å². The van der Waals surface area contributed by atoms with Gasteiger partial charge in [-0.25, -0.2) is 4.98 Å². The van der Waals surface area contributed by atoms with Gasteiger partial charge in [0.1, 0.15) is 0 Å². The smallest absolute Gasteiger partial charge is 0.0897 e. The van der Waals surface area contributed by atoms with Crippen LogP contribution >= 0.6 is 11.3 Å². The zero-order valence-electron chi connectivity index (χ0n) is 14.2. The van der Waals surface area contributed by atoms with Crippen LogP contribution in [0.3, 0.4) is 0 Å². The Hall–Kier alpha value is -1.23. The number of hydrogen-bond acceptors (Lipinski definition) is 4. The molecule has 0 aliphatic carbocycles. The van der Waals surface area contributed by atoms with E-state index < -0.39 is 0 Å². The second kappa shape index (κ2) is 8.04. The highest BCUT2D eigenvalue weighted by molar-refractivity contribution is 7.11. The molecule has 0 spiro atoms. The molecule has 1 aliphatic heterocycles. The molecule has 1 aliphatic rings. The Bertz CT molecular complexity index is 596. The first-order valence-electron chi connectivity index (χ1n) is 8.61. The number of hydrogen-bond donors (Lipinski definition) is 1. The van der Waals surface area contributed by atoms with Crippen molar-refractivity contribution in [2.24, 2.45) is 5.92 Å². The molecular weight excluding hydrogens is 302 g/mol. The summed E-state index contributed by atoms with van der Waals surface area (Å²) in [5, 5.41) is 4.94. The average Bonchev–Trinajstić information content (AvgIpc) is 2.95. The van der Waals surface area contributed by atoms with E-state index in [2.05, 4.69) is 59.4 Å². The molecule has 2 unspecified atom stereocenters. The first kappa shape index (κ1) is 16.6. The minimum Gasteiger partial charge on any atom is -0.313 e. The van der Waals surface area contributed by atoms with Crippen LogP contribution in [0.25, 0.3) is 0 Å². The maximum absolute atomic E-state index is 4.36. The van der Waals surface area contributed by atoms with E-state index in [4.69, 9.17) is 0 Å². The number of thiazole rings is 1. The van der Waals surface area contributed by atoms with Gasteiger partial charge in [0.05, 0.1) is 5.01 Å². The third-order valence-electron chi connectivity index (χ3n) is 4.70. The number of piperidine rings is 1. The van der Waals surface area contributed by atoms with Gasteiger partial charge in [-0.05, 0) is 37.8 Å². The van der Waals surface area contributed by atoms with Gasteiger partial charge in [0.2, 0.25) is 0 Å². The minimum absolute atomic E-state index is 0.651. The minimum atomic E-state index is 0.651. The highest BCUT2D eigenvalue weighted by Crippen LogP contribution is 2.21. The zero-order valence-corrected chi connectivity index (χ0v) is 15.0. The number of aromatic nitrogens is 1. The van der Waals surface area contributed by atoms with E-state index in [0.29, 0.717) is 12.0 Å². The number of aryl methyl sites for hydroxylation is 1. The molecule has 124 valence electrons. The number of rotatable bonds is 6. The second-order valence-electron chi connectivity index (χ2n) is 6.64. The Morgan fingerprint density at radius 1 is 1.30 bits per heavy atom. The Morgan fingerprint density at radius 2 is 2.13 bits per heavy atom. The molecule has 23 heavy (non-hydrogen) atoms. The molecular formula is C19H27N3S. The van der Waals surface area contributed by atoms with Crippen molar-refractivity contribution in [2.75, 3.05) is 19.6 Å². The Balaban J connectivity index is 1.41. The summed E-state index contributed by atoms with van der Waals surface area (Å²) in [4.78, 5) is 8.33. The highest BCUT2D eigenvalue weighted by atomic mass is 32.1. The van der Waals surface area contributed by atoms with Crippen LogP contribution < -0.4 is 5.32 Å². The van der Waals surface area contributed by atoms with Crippen LogP contribution in [0.2, 0.25) is 0 Å². The van der Waals surface area contributed by atoms with Gasteiger partial charge in [-0.1, -0.05) is 37.3 Å². The Kier molecular flexibility index (Phi) is 5.81. The van der Waals surface area contributed by atoms with Crippen LogP contribution in [0.4, 0.5) is 0 Å². The van der Waals surface area contributed by atoms with Crippen LogP contribution in [-0.2, 0) is 13.0 Å². The van der Waals surface area contributed by atoms with Crippen molar-refractivity contribution in [3.05, 3.63) is 52.0 Å². The Labute approximate surface area is 143 Å². The van der Waals surface area contributed by atoms with Crippen LogP contribution in [0.15, 0.2) is 36.5 Å². The van der Waals surface area contributed by atoms with Gasteiger partial charge in [-0.15, -0.1) is 11.3 Å². The van der Waals surface area contributed by atoms with E-state index >= 15 is 0 Å². The number of benzene rings is 1. The molecule has 3 nitrogen and oxygen atoms in total. The predicted octanol–water partition coefficient (Wildman–Crippen LogP) is 3.49. The van der Waals surface area contributed by atoms with Gasteiger partial charge in [0.15, 0.2) is 0 Å². The van der Waals surface area contributed by atoms with Crippen molar-refractivity contribution in [2.45, 2.75) is 39.3 Å². The summed E-state index contributed by atoms with van der Waals surface area (Å²) in [5.74, 6) is 0.702. The SMILES string of the molecule is Cc1ncc(CN2CCC(NCCc3ccccc3)C(C)C2)s1. The fourth-order valence-electron chi connectivity index (χ4n) is 3.42. The molecule has 1 fully saturated rings. The van der Waals surface area contributed by atoms with Gasteiger partial charge in [0, 0.05) is 36.8 Å². The highest BCUT2D eigenvalue weighted by Gasteiger charge is 2.25. The molecule has 1 aromatic heterocycles. The maximum atomic E-state index is 4.36. The van der Waals surface area contributed by atoms with Gasteiger partial charge in [-0.2, -0.15) is 0 Å². The van der Waals surface area contributed by atoms with Crippen LogP contribution in [0.5, 0.6) is 0 Å². The number of nitrogens with zero attached hydrogens (tertiary/aromatic N) is 2. The van der Waals surface area contributed by atoms with Gasteiger partial charge >= 0.3 is 0 Å². The average molecular weight is 330 g/mol. The lowest BCUT2D eigenvalue weighted by molar-refractivity contribution is 0.142. The molecule has 2 atom stereocenters. The summed E-state index contributed by atoms with van der Waals surface area (Å²) < 4.78 is 0. The van der Waals surface area contributed by atoms with E-state index in [1.165, 1.54) is 35.0 Å².